The average Bonchev–Trinajstić information content (AvgIpc) is 2.43. The van der Waals surface area contributed by atoms with Crippen LogP contribution in [0.3, 0.4) is 0 Å². The topological polar surface area (TPSA) is 58.6 Å². The Kier molecular flexibility index (Phi) is 4.83. The van der Waals surface area contributed by atoms with Crippen LogP contribution in [0.4, 0.5) is 5.69 Å². The lowest BCUT2D eigenvalue weighted by Gasteiger charge is -2.11. The number of carbonyl (C=O) groups excluding carboxylic acids is 1. The van der Waals surface area contributed by atoms with Gasteiger partial charge in [-0.2, -0.15) is 0 Å². The number of amides is 1. The van der Waals surface area contributed by atoms with E-state index < -0.39 is 5.91 Å². The first kappa shape index (κ1) is 15.8. The van der Waals surface area contributed by atoms with Gasteiger partial charge in [-0.25, -0.2) is 0 Å². The molecule has 0 aromatic heterocycles. The lowest BCUT2D eigenvalue weighted by Crippen LogP contribution is -2.13. The Hall–Kier alpha value is -1.62. The van der Waals surface area contributed by atoms with Crippen molar-refractivity contribution < 1.29 is 14.6 Å². The second-order valence-electron chi connectivity index (χ2n) is 4.08. The maximum absolute atomic E-state index is 12.2. The van der Waals surface area contributed by atoms with Gasteiger partial charge in [0.25, 0.3) is 5.91 Å². The summed E-state index contributed by atoms with van der Waals surface area (Å²) in [5.74, 6) is -0.438. The third kappa shape index (κ3) is 3.53. The molecule has 2 N–H and O–H groups in total. The number of halogens is 3. The van der Waals surface area contributed by atoms with E-state index in [4.69, 9.17) is 39.5 Å². The molecule has 2 aromatic rings. The zero-order chi connectivity index (χ0) is 15.6. The molecule has 0 atom stereocenters. The minimum absolute atomic E-state index is 0.0425. The standard InChI is InChI=1S/C14H10Cl3NO3/c1-21-12-6-7(15)2-3-9(12)14(20)18-11-5-8(16)4-10(17)13(11)19/h2-6,19H,1H3,(H,18,20). The molecule has 2 rings (SSSR count). The van der Waals surface area contributed by atoms with Gasteiger partial charge in [-0.1, -0.05) is 34.8 Å². The molecule has 21 heavy (non-hydrogen) atoms. The summed E-state index contributed by atoms with van der Waals surface area (Å²) in [4.78, 5) is 12.2. The molecule has 0 unspecified atom stereocenters. The van der Waals surface area contributed by atoms with Gasteiger partial charge in [0.1, 0.15) is 5.75 Å². The predicted molar refractivity (Wildman–Crippen MR) is 84.1 cm³/mol. The summed E-state index contributed by atoms with van der Waals surface area (Å²) in [6, 6.07) is 7.35. The summed E-state index contributed by atoms with van der Waals surface area (Å²) in [6.07, 6.45) is 0. The highest BCUT2D eigenvalue weighted by atomic mass is 35.5. The number of rotatable bonds is 3. The fourth-order valence-corrected chi connectivity index (χ4v) is 2.36. The minimum Gasteiger partial charge on any atom is -0.504 e. The highest BCUT2D eigenvalue weighted by molar-refractivity contribution is 6.36. The zero-order valence-corrected chi connectivity index (χ0v) is 13.1. The van der Waals surface area contributed by atoms with Crippen molar-refractivity contribution in [2.75, 3.05) is 12.4 Å². The van der Waals surface area contributed by atoms with Crippen LogP contribution in [0.25, 0.3) is 0 Å². The summed E-state index contributed by atoms with van der Waals surface area (Å²) in [6.45, 7) is 0. The minimum atomic E-state index is -0.489. The van der Waals surface area contributed by atoms with Crippen LogP contribution < -0.4 is 10.1 Å². The Morgan fingerprint density at radius 3 is 2.52 bits per heavy atom. The second kappa shape index (κ2) is 6.43. The largest absolute Gasteiger partial charge is 0.504 e. The quantitative estimate of drug-likeness (QED) is 0.798. The van der Waals surface area contributed by atoms with E-state index in [1.807, 2.05) is 0 Å². The van der Waals surface area contributed by atoms with Gasteiger partial charge < -0.3 is 15.2 Å². The van der Waals surface area contributed by atoms with Gasteiger partial charge in [-0.05, 0) is 30.3 Å². The monoisotopic (exact) mass is 345 g/mol. The van der Waals surface area contributed by atoms with Crippen LogP contribution in [0.1, 0.15) is 10.4 Å². The Bertz CT molecular complexity index is 704. The third-order valence-electron chi connectivity index (χ3n) is 2.68. The van der Waals surface area contributed by atoms with Crippen LogP contribution in [0.2, 0.25) is 15.1 Å². The van der Waals surface area contributed by atoms with Crippen LogP contribution >= 0.6 is 34.8 Å². The number of carbonyl (C=O) groups is 1. The summed E-state index contributed by atoms with van der Waals surface area (Å²) in [5.41, 5.74) is 0.368. The third-order valence-corrected chi connectivity index (χ3v) is 3.43. The molecule has 0 bridgehead atoms. The van der Waals surface area contributed by atoms with E-state index >= 15 is 0 Å². The number of ether oxygens (including phenoxy) is 1. The van der Waals surface area contributed by atoms with E-state index in [1.165, 1.54) is 31.4 Å². The first-order valence-corrected chi connectivity index (χ1v) is 6.88. The molecule has 0 spiro atoms. The van der Waals surface area contributed by atoms with Crippen LogP contribution in [-0.4, -0.2) is 18.1 Å². The Morgan fingerprint density at radius 1 is 1.14 bits per heavy atom. The van der Waals surface area contributed by atoms with Gasteiger partial charge in [-0.15, -0.1) is 0 Å². The highest BCUT2D eigenvalue weighted by Crippen LogP contribution is 2.35. The first-order valence-electron chi connectivity index (χ1n) is 5.75. The van der Waals surface area contributed by atoms with Gasteiger partial charge in [-0.3, -0.25) is 4.79 Å². The molecule has 0 aliphatic carbocycles. The van der Waals surface area contributed by atoms with Crippen LogP contribution in [0, 0.1) is 0 Å². The van der Waals surface area contributed by atoms with Crippen molar-refractivity contribution in [1.82, 2.24) is 0 Å². The first-order chi connectivity index (χ1) is 9.92. The smallest absolute Gasteiger partial charge is 0.259 e. The van der Waals surface area contributed by atoms with E-state index in [0.29, 0.717) is 10.8 Å². The molecule has 4 nitrogen and oxygen atoms in total. The number of hydrogen-bond donors (Lipinski definition) is 2. The predicted octanol–water partition coefficient (Wildman–Crippen LogP) is 4.61. The SMILES string of the molecule is COc1cc(Cl)ccc1C(=O)Nc1cc(Cl)cc(Cl)c1O. The van der Waals surface area contributed by atoms with E-state index in [2.05, 4.69) is 5.32 Å². The van der Waals surface area contributed by atoms with Crippen LogP contribution in [-0.2, 0) is 0 Å². The molecule has 0 heterocycles. The van der Waals surface area contributed by atoms with Crippen molar-refractivity contribution in [2.45, 2.75) is 0 Å². The maximum Gasteiger partial charge on any atom is 0.259 e. The van der Waals surface area contributed by atoms with Gasteiger partial charge >= 0.3 is 0 Å². The van der Waals surface area contributed by atoms with E-state index in [9.17, 15) is 9.90 Å². The summed E-state index contributed by atoms with van der Waals surface area (Å²) >= 11 is 17.5. The number of methoxy groups -OCH3 is 1. The highest BCUT2D eigenvalue weighted by Gasteiger charge is 2.16. The molecule has 1 amide bonds. The van der Waals surface area contributed by atoms with Gasteiger partial charge in [0.2, 0.25) is 0 Å². The Labute approximate surface area is 136 Å². The van der Waals surface area contributed by atoms with Gasteiger partial charge in [0, 0.05) is 10.0 Å². The van der Waals surface area contributed by atoms with Crippen molar-refractivity contribution in [3.8, 4) is 11.5 Å². The lowest BCUT2D eigenvalue weighted by atomic mass is 10.1. The maximum atomic E-state index is 12.2. The van der Waals surface area contributed by atoms with Crippen molar-refractivity contribution in [2.24, 2.45) is 0 Å². The molecule has 0 saturated carbocycles. The number of benzene rings is 2. The molecule has 0 fully saturated rings. The molecule has 0 aliphatic heterocycles. The second-order valence-corrected chi connectivity index (χ2v) is 5.36. The zero-order valence-electron chi connectivity index (χ0n) is 10.8. The molecular formula is C14H10Cl3NO3. The number of phenolic OH excluding ortho intramolecular Hbond substituents is 1. The molecule has 0 aliphatic rings. The summed E-state index contributed by atoms with van der Waals surface area (Å²) in [7, 11) is 1.43. The van der Waals surface area contributed by atoms with Gasteiger partial charge in [0.15, 0.2) is 5.75 Å². The lowest BCUT2D eigenvalue weighted by molar-refractivity contribution is 0.102. The van der Waals surface area contributed by atoms with E-state index in [-0.39, 0.29) is 27.0 Å². The van der Waals surface area contributed by atoms with Crippen molar-refractivity contribution in [3.05, 3.63) is 51.0 Å². The normalized spacial score (nSPS) is 10.3. The number of phenols is 1. The van der Waals surface area contributed by atoms with Crippen LogP contribution in [0.5, 0.6) is 11.5 Å². The molecule has 0 saturated heterocycles. The number of anilines is 1. The summed E-state index contributed by atoms with van der Waals surface area (Å²) < 4.78 is 5.10. The molecule has 7 heteroatoms. The Morgan fingerprint density at radius 2 is 1.86 bits per heavy atom. The van der Waals surface area contributed by atoms with Crippen molar-refractivity contribution in [3.63, 3.8) is 0 Å². The Balaban J connectivity index is 2.35. The van der Waals surface area contributed by atoms with Crippen LogP contribution in [0.15, 0.2) is 30.3 Å². The fourth-order valence-electron chi connectivity index (χ4n) is 1.70. The number of nitrogens with one attached hydrogen (secondary N) is 1. The number of aromatic hydroxyl groups is 1. The van der Waals surface area contributed by atoms with Crippen molar-refractivity contribution >= 4 is 46.4 Å². The average molecular weight is 347 g/mol. The summed E-state index contributed by atoms with van der Waals surface area (Å²) in [5, 5.41) is 13.1. The van der Waals surface area contributed by atoms with Gasteiger partial charge in [0.05, 0.1) is 23.4 Å². The van der Waals surface area contributed by atoms with E-state index in [0.717, 1.165) is 0 Å². The molecule has 110 valence electrons. The fraction of sp³-hybridized carbons (Fsp3) is 0.0714. The molecule has 2 aromatic carbocycles. The molecular weight excluding hydrogens is 337 g/mol. The molecule has 0 radical (unpaired) electrons. The van der Waals surface area contributed by atoms with E-state index in [1.54, 1.807) is 6.07 Å². The number of hydrogen-bond acceptors (Lipinski definition) is 3. The van der Waals surface area contributed by atoms with Crippen molar-refractivity contribution in [1.29, 1.82) is 0 Å².